The van der Waals surface area contributed by atoms with E-state index in [1.165, 1.54) is 57.8 Å². The van der Waals surface area contributed by atoms with Crippen molar-refractivity contribution in [3.63, 3.8) is 0 Å². The Morgan fingerprint density at radius 2 is 1.62 bits per heavy atom. The zero-order valence-corrected chi connectivity index (χ0v) is 8.52. The van der Waals surface area contributed by atoms with Crippen LogP contribution in [0.4, 0.5) is 0 Å². The lowest BCUT2D eigenvalue weighted by Crippen LogP contribution is -2.56. The van der Waals surface area contributed by atoms with Gasteiger partial charge in [0.05, 0.1) is 0 Å². The average Bonchev–Trinajstić information content (AvgIpc) is 2.49. The summed E-state index contributed by atoms with van der Waals surface area (Å²) in [5.74, 6) is 0. The van der Waals surface area contributed by atoms with Gasteiger partial charge in [-0.05, 0) is 43.9 Å². The van der Waals surface area contributed by atoms with Crippen molar-refractivity contribution in [3.05, 3.63) is 0 Å². The third-order valence-corrected chi connectivity index (χ3v) is 4.81. The van der Waals surface area contributed by atoms with Gasteiger partial charge in [0, 0.05) is 12.1 Å². The Bertz CT molecular complexity index is 189. The highest BCUT2D eigenvalue weighted by Crippen LogP contribution is 2.53. The van der Waals surface area contributed by atoms with Gasteiger partial charge in [-0.2, -0.15) is 0 Å². The van der Waals surface area contributed by atoms with E-state index in [0.717, 1.165) is 17.5 Å². The molecule has 74 valence electrons. The molecule has 0 aromatic heterocycles. The lowest BCUT2D eigenvalue weighted by Gasteiger charge is -2.50. The summed E-state index contributed by atoms with van der Waals surface area (Å²) < 4.78 is 0. The molecular formula is C12H21N. The molecule has 3 rings (SSSR count). The van der Waals surface area contributed by atoms with E-state index >= 15 is 0 Å². The van der Waals surface area contributed by atoms with E-state index in [1.807, 2.05) is 0 Å². The van der Waals surface area contributed by atoms with Crippen LogP contribution in [0.15, 0.2) is 0 Å². The molecule has 0 heterocycles. The molecule has 13 heavy (non-hydrogen) atoms. The van der Waals surface area contributed by atoms with Crippen molar-refractivity contribution in [2.75, 3.05) is 0 Å². The molecule has 3 aliphatic carbocycles. The summed E-state index contributed by atoms with van der Waals surface area (Å²) in [6.45, 7) is 0. The highest BCUT2D eigenvalue weighted by Gasteiger charge is 2.48. The second-order valence-corrected chi connectivity index (χ2v) is 5.46. The van der Waals surface area contributed by atoms with Crippen LogP contribution in [0.3, 0.4) is 0 Å². The summed E-state index contributed by atoms with van der Waals surface area (Å²) in [6, 6.07) is 1.82. The van der Waals surface area contributed by atoms with E-state index in [-0.39, 0.29) is 0 Å². The Balaban J connectivity index is 1.58. The van der Waals surface area contributed by atoms with Crippen molar-refractivity contribution in [2.24, 2.45) is 5.41 Å². The van der Waals surface area contributed by atoms with Gasteiger partial charge >= 0.3 is 0 Å². The summed E-state index contributed by atoms with van der Waals surface area (Å²) in [5.41, 5.74) is 0.787. The molecule has 1 spiro atoms. The van der Waals surface area contributed by atoms with Gasteiger partial charge in [0.25, 0.3) is 0 Å². The summed E-state index contributed by atoms with van der Waals surface area (Å²) in [7, 11) is 0. The first-order valence-electron chi connectivity index (χ1n) is 6.15. The second kappa shape index (κ2) is 2.98. The van der Waals surface area contributed by atoms with Gasteiger partial charge in [-0.25, -0.2) is 0 Å². The monoisotopic (exact) mass is 179 g/mol. The van der Waals surface area contributed by atoms with Crippen molar-refractivity contribution in [3.8, 4) is 0 Å². The van der Waals surface area contributed by atoms with E-state index < -0.39 is 0 Å². The van der Waals surface area contributed by atoms with Crippen molar-refractivity contribution in [1.29, 1.82) is 0 Å². The maximum absolute atomic E-state index is 3.89. The van der Waals surface area contributed by atoms with Gasteiger partial charge in [-0.3, -0.25) is 0 Å². The van der Waals surface area contributed by atoms with E-state index in [4.69, 9.17) is 0 Å². The summed E-state index contributed by atoms with van der Waals surface area (Å²) in [4.78, 5) is 0. The Labute approximate surface area is 81.3 Å². The zero-order chi connectivity index (χ0) is 8.73. The normalized spacial score (nSPS) is 37.4. The van der Waals surface area contributed by atoms with Gasteiger partial charge in [0.2, 0.25) is 0 Å². The standard InChI is InChI=1S/C12H21N/c1-2-8-12(7-1)9-6-11(12)13-10-4-3-5-10/h10-11,13H,1-9H2. The topological polar surface area (TPSA) is 12.0 Å². The minimum absolute atomic E-state index is 0.787. The molecule has 0 saturated heterocycles. The van der Waals surface area contributed by atoms with Crippen LogP contribution < -0.4 is 5.32 Å². The highest BCUT2D eigenvalue weighted by molar-refractivity contribution is 5.04. The number of nitrogens with one attached hydrogen (secondary N) is 1. The fourth-order valence-electron chi connectivity index (χ4n) is 3.49. The Morgan fingerprint density at radius 1 is 0.846 bits per heavy atom. The molecule has 1 nitrogen and oxygen atoms in total. The molecule has 1 heteroatoms. The largest absolute Gasteiger partial charge is 0.311 e. The molecule has 0 aromatic rings. The number of rotatable bonds is 2. The first-order chi connectivity index (χ1) is 6.39. The van der Waals surface area contributed by atoms with Gasteiger partial charge in [-0.15, -0.1) is 0 Å². The minimum Gasteiger partial charge on any atom is -0.311 e. The molecule has 1 atom stereocenters. The van der Waals surface area contributed by atoms with Crippen LogP contribution in [0, 0.1) is 5.41 Å². The van der Waals surface area contributed by atoms with E-state index in [0.29, 0.717) is 0 Å². The Hall–Kier alpha value is -0.0400. The maximum atomic E-state index is 3.89. The van der Waals surface area contributed by atoms with Gasteiger partial charge in [0.1, 0.15) is 0 Å². The average molecular weight is 179 g/mol. The van der Waals surface area contributed by atoms with Crippen molar-refractivity contribution < 1.29 is 0 Å². The Morgan fingerprint density at radius 3 is 2.08 bits per heavy atom. The van der Waals surface area contributed by atoms with Crippen molar-refractivity contribution >= 4 is 0 Å². The second-order valence-electron chi connectivity index (χ2n) is 5.46. The molecular weight excluding hydrogens is 158 g/mol. The van der Waals surface area contributed by atoms with Crippen LogP contribution in [0.25, 0.3) is 0 Å². The predicted molar refractivity (Wildman–Crippen MR) is 54.7 cm³/mol. The molecule has 0 aliphatic heterocycles. The molecule has 3 aliphatic rings. The first-order valence-corrected chi connectivity index (χ1v) is 6.15. The summed E-state index contributed by atoms with van der Waals surface area (Å²) >= 11 is 0. The minimum atomic E-state index is 0.787. The van der Waals surface area contributed by atoms with Crippen molar-refractivity contribution in [1.82, 2.24) is 5.32 Å². The molecule has 3 saturated carbocycles. The van der Waals surface area contributed by atoms with Gasteiger partial charge in [-0.1, -0.05) is 19.3 Å². The van der Waals surface area contributed by atoms with Crippen LogP contribution in [0.2, 0.25) is 0 Å². The lowest BCUT2D eigenvalue weighted by atomic mass is 9.62. The van der Waals surface area contributed by atoms with E-state index in [2.05, 4.69) is 5.32 Å². The van der Waals surface area contributed by atoms with Crippen molar-refractivity contribution in [2.45, 2.75) is 69.9 Å². The molecule has 0 amide bonds. The maximum Gasteiger partial charge on any atom is 0.0126 e. The summed E-state index contributed by atoms with van der Waals surface area (Å²) in [5, 5.41) is 3.89. The summed E-state index contributed by atoms with van der Waals surface area (Å²) in [6.07, 6.45) is 13.4. The first kappa shape index (κ1) is 8.28. The number of hydrogen-bond donors (Lipinski definition) is 1. The lowest BCUT2D eigenvalue weighted by molar-refractivity contribution is 0.0539. The zero-order valence-electron chi connectivity index (χ0n) is 8.52. The third kappa shape index (κ3) is 1.24. The van der Waals surface area contributed by atoms with Crippen LogP contribution in [-0.2, 0) is 0 Å². The van der Waals surface area contributed by atoms with Crippen LogP contribution >= 0.6 is 0 Å². The van der Waals surface area contributed by atoms with Crippen LogP contribution in [0.5, 0.6) is 0 Å². The van der Waals surface area contributed by atoms with E-state index in [9.17, 15) is 0 Å². The third-order valence-electron chi connectivity index (χ3n) is 4.81. The van der Waals surface area contributed by atoms with Crippen LogP contribution in [-0.4, -0.2) is 12.1 Å². The SMILES string of the molecule is C1CC(NC2CCC23CCCC3)C1. The molecule has 0 bridgehead atoms. The quantitative estimate of drug-likeness (QED) is 0.687. The molecule has 0 radical (unpaired) electrons. The highest BCUT2D eigenvalue weighted by atomic mass is 15.0. The molecule has 0 aromatic carbocycles. The fraction of sp³-hybridized carbons (Fsp3) is 1.00. The predicted octanol–water partition coefficient (Wildman–Crippen LogP) is 2.85. The number of hydrogen-bond acceptors (Lipinski definition) is 1. The van der Waals surface area contributed by atoms with Gasteiger partial charge in [0.15, 0.2) is 0 Å². The molecule has 3 fully saturated rings. The van der Waals surface area contributed by atoms with E-state index in [1.54, 1.807) is 0 Å². The fourth-order valence-corrected chi connectivity index (χ4v) is 3.49. The smallest absolute Gasteiger partial charge is 0.0126 e. The van der Waals surface area contributed by atoms with Crippen LogP contribution in [0.1, 0.15) is 57.8 Å². The Kier molecular flexibility index (Phi) is 1.90. The molecule has 1 unspecified atom stereocenters. The molecule has 1 N–H and O–H groups in total. The van der Waals surface area contributed by atoms with Gasteiger partial charge < -0.3 is 5.32 Å².